The maximum atomic E-state index is 15.1. The van der Waals surface area contributed by atoms with E-state index in [1.54, 1.807) is 4.90 Å². The van der Waals surface area contributed by atoms with Gasteiger partial charge in [0.25, 0.3) is 11.8 Å². The highest BCUT2D eigenvalue weighted by atomic mass is 19.4. The van der Waals surface area contributed by atoms with E-state index in [1.807, 2.05) is 13.8 Å². The van der Waals surface area contributed by atoms with Crippen molar-refractivity contribution in [1.82, 2.24) is 25.4 Å². The maximum absolute atomic E-state index is 15.1. The van der Waals surface area contributed by atoms with Crippen LogP contribution in [0.5, 0.6) is 0 Å². The lowest BCUT2D eigenvalue weighted by Gasteiger charge is -2.34. The van der Waals surface area contributed by atoms with Crippen LogP contribution in [-0.4, -0.2) is 86.7 Å². The van der Waals surface area contributed by atoms with Crippen molar-refractivity contribution < 1.29 is 51.4 Å². The van der Waals surface area contributed by atoms with Gasteiger partial charge in [-0.25, -0.2) is 14.2 Å². The number of anilines is 1. The van der Waals surface area contributed by atoms with Gasteiger partial charge in [0, 0.05) is 18.9 Å². The van der Waals surface area contributed by atoms with Crippen LogP contribution in [-0.2, 0) is 19.1 Å². The maximum Gasteiger partial charge on any atom is 0.490 e. The summed E-state index contributed by atoms with van der Waals surface area (Å²) in [6.45, 7) is 4.63. The second-order valence-corrected chi connectivity index (χ2v) is 9.61. The number of ether oxygens (including phenoxy) is 1. The molecule has 4 amide bonds. The lowest BCUT2D eigenvalue weighted by atomic mass is 10.0. The third-order valence-electron chi connectivity index (χ3n) is 6.50. The molecule has 17 heteroatoms. The standard InChI is InChI=1S/C22H23FN6O5.C2HF3O2/c1-10(2)18-25-19(27-26-18)14-9-28(7-8-34-14)17-12(23)4-3-11-16(17)22(33)29(21(11)32)13-5-6-15(30)24-20(13)31;3-2(4,5)1(6)7/h3-4,10,13-14H,5-9H2,1-2H3,(H,24,30,31)(H,25,26,27);(H,6,7). The SMILES string of the molecule is CC(C)c1n[nH]c(C2CN(c3c(F)ccc4c3C(=O)N(C3CCC(=O)NC3=O)C4=O)CCO2)n1.O=C(O)C(F)(F)F. The van der Waals surface area contributed by atoms with Crippen molar-refractivity contribution >= 4 is 35.3 Å². The summed E-state index contributed by atoms with van der Waals surface area (Å²) in [5.74, 6) is -4.80. The molecule has 2 unspecified atom stereocenters. The number of carbonyl (C=O) groups is 5. The van der Waals surface area contributed by atoms with Gasteiger partial charge in [-0.3, -0.25) is 34.5 Å². The van der Waals surface area contributed by atoms with Crippen LogP contribution in [0.4, 0.5) is 23.2 Å². The highest BCUT2D eigenvalue weighted by Gasteiger charge is 2.47. The first-order valence-corrected chi connectivity index (χ1v) is 12.3. The highest BCUT2D eigenvalue weighted by Crippen LogP contribution is 2.37. The summed E-state index contributed by atoms with van der Waals surface area (Å²) in [5.41, 5.74) is -0.0748. The smallest absolute Gasteiger partial charge is 0.475 e. The van der Waals surface area contributed by atoms with Gasteiger partial charge in [0.1, 0.15) is 18.0 Å². The van der Waals surface area contributed by atoms with E-state index in [0.29, 0.717) is 11.6 Å². The molecule has 3 aliphatic rings. The van der Waals surface area contributed by atoms with Crippen LogP contribution in [0.25, 0.3) is 0 Å². The number of benzene rings is 1. The Kier molecular flexibility index (Phi) is 8.10. The van der Waals surface area contributed by atoms with Crippen LogP contribution in [0.2, 0.25) is 0 Å². The summed E-state index contributed by atoms with van der Waals surface area (Å²) in [7, 11) is 0. The van der Waals surface area contributed by atoms with Gasteiger partial charge in [-0.2, -0.15) is 18.3 Å². The summed E-state index contributed by atoms with van der Waals surface area (Å²) < 4.78 is 52.7. The fraction of sp³-hybridized carbons (Fsp3) is 0.458. The van der Waals surface area contributed by atoms with E-state index in [9.17, 15) is 32.3 Å². The minimum atomic E-state index is -5.08. The van der Waals surface area contributed by atoms with Crippen molar-refractivity contribution in [3.05, 3.63) is 40.7 Å². The second-order valence-electron chi connectivity index (χ2n) is 9.61. The van der Waals surface area contributed by atoms with Gasteiger partial charge in [0.2, 0.25) is 11.8 Å². The molecule has 1 aromatic heterocycles. The number of morpholine rings is 1. The number of aromatic nitrogens is 3. The number of aromatic amines is 1. The number of hydrogen-bond donors (Lipinski definition) is 3. The molecular weight excluding hydrogens is 560 g/mol. The Bertz CT molecular complexity index is 1410. The Labute approximate surface area is 228 Å². The van der Waals surface area contributed by atoms with Crippen LogP contribution in [0.1, 0.15) is 71.1 Å². The Morgan fingerprint density at radius 1 is 1.17 bits per heavy atom. The van der Waals surface area contributed by atoms with Gasteiger partial charge < -0.3 is 14.7 Å². The number of carboxylic acids is 1. The van der Waals surface area contributed by atoms with E-state index in [0.717, 1.165) is 11.0 Å². The van der Waals surface area contributed by atoms with Crippen LogP contribution in [0.3, 0.4) is 0 Å². The molecule has 1 aromatic carbocycles. The number of alkyl halides is 3. The van der Waals surface area contributed by atoms with Crippen molar-refractivity contribution in [2.45, 2.75) is 50.9 Å². The first-order valence-electron chi connectivity index (χ1n) is 12.3. The normalized spacial score (nSPS) is 21.0. The molecule has 3 N–H and O–H groups in total. The fourth-order valence-corrected chi connectivity index (χ4v) is 4.53. The third-order valence-corrected chi connectivity index (χ3v) is 6.50. The molecule has 0 aliphatic carbocycles. The van der Waals surface area contributed by atoms with E-state index >= 15 is 4.39 Å². The zero-order valence-corrected chi connectivity index (χ0v) is 21.6. The summed E-state index contributed by atoms with van der Waals surface area (Å²) in [6, 6.07) is 1.27. The molecule has 220 valence electrons. The van der Waals surface area contributed by atoms with Crippen molar-refractivity contribution in [2.75, 3.05) is 24.6 Å². The molecule has 0 bridgehead atoms. The second kappa shape index (κ2) is 11.2. The van der Waals surface area contributed by atoms with Gasteiger partial charge in [0.05, 0.1) is 30.0 Å². The number of rotatable bonds is 4. The van der Waals surface area contributed by atoms with Crippen molar-refractivity contribution in [3.63, 3.8) is 0 Å². The van der Waals surface area contributed by atoms with Crippen molar-refractivity contribution in [1.29, 1.82) is 0 Å². The van der Waals surface area contributed by atoms with Crippen molar-refractivity contribution in [3.8, 4) is 0 Å². The van der Waals surface area contributed by atoms with Crippen LogP contribution >= 0.6 is 0 Å². The molecule has 3 aliphatic heterocycles. The number of H-pyrrole nitrogens is 1. The zero-order chi connectivity index (χ0) is 30.2. The van der Waals surface area contributed by atoms with Crippen LogP contribution in [0.15, 0.2) is 12.1 Å². The monoisotopic (exact) mass is 584 g/mol. The molecule has 5 rings (SSSR count). The van der Waals surface area contributed by atoms with E-state index in [1.165, 1.54) is 6.07 Å². The molecule has 2 aromatic rings. The first-order chi connectivity index (χ1) is 19.2. The van der Waals surface area contributed by atoms with Gasteiger partial charge in [-0.15, -0.1) is 0 Å². The minimum absolute atomic E-state index is 0.00568. The molecule has 2 saturated heterocycles. The number of aliphatic carboxylic acids is 1. The van der Waals surface area contributed by atoms with Gasteiger partial charge in [0.15, 0.2) is 11.6 Å². The Hall–Kier alpha value is -4.41. The van der Waals surface area contributed by atoms with Gasteiger partial charge >= 0.3 is 12.1 Å². The molecule has 41 heavy (non-hydrogen) atoms. The lowest BCUT2D eigenvalue weighted by molar-refractivity contribution is -0.192. The predicted molar refractivity (Wildman–Crippen MR) is 128 cm³/mol. The zero-order valence-electron chi connectivity index (χ0n) is 21.6. The Morgan fingerprint density at radius 2 is 1.85 bits per heavy atom. The molecule has 2 atom stereocenters. The lowest BCUT2D eigenvalue weighted by Crippen LogP contribution is -2.54. The van der Waals surface area contributed by atoms with Gasteiger partial charge in [-0.1, -0.05) is 13.8 Å². The van der Waals surface area contributed by atoms with E-state index in [2.05, 4.69) is 20.5 Å². The molecule has 0 spiro atoms. The van der Waals surface area contributed by atoms with Crippen LogP contribution < -0.4 is 10.2 Å². The van der Waals surface area contributed by atoms with Crippen LogP contribution in [0, 0.1) is 5.82 Å². The number of nitrogens with zero attached hydrogens (tertiary/aromatic N) is 4. The molecular formula is C24H24F4N6O7. The van der Waals surface area contributed by atoms with E-state index < -0.39 is 53.7 Å². The Balaban J connectivity index is 0.000000493. The summed E-state index contributed by atoms with van der Waals surface area (Å²) in [5, 5.41) is 16.3. The summed E-state index contributed by atoms with van der Waals surface area (Å²) in [6.07, 6.45) is -5.59. The minimum Gasteiger partial charge on any atom is -0.475 e. The third kappa shape index (κ3) is 5.89. The topological polar surface area (TPSA) is 175 Å². The fourth-order valence-electron chi connectivity index (χ4n) is 4.53. The largest absolute Gasteiger partial charge is 0.490 e. The summed E-state index contributed by atoms with van der Waals surface area (Å²) >= 11 is 0. The average molecular weight is 584 g/mol. The number of imide groups is 2. The first kappa shape index (κ1) is 29.6. The molecule has 4 heterocycles. The number of carboxylic acid groups (broad SMARTS) is 1. The number of carbonyl (C=O) groups excluding carboxylic acids is 4. The Morgan fingerprint density at radius 3 is 2.44 bits per heavy atom. The highest BCUT2D eigenvalue weighted by molar-refractivity contribution is 6.25. The quantitative estimate of drug-likeness (QED) is 0.354. The van der Waals surface area contributed by atoms with E-state index in [4.69, 9.17) is 14.6 Å². The molecule has 13 nitrogen and oxygen atoms in total. The van der Waals surface area contributed by atoms with Gasteiger partial charge in [-0.05, 0) is 18.6 Å². The number of amides is 4. The molecule has 0 radical (unpaired) electrons. The van der Waals surface area contributed by atoms with Crippen molar-refractivity contribution in [2.24, 2.45) is 0 Å². The molecule has 2 fully saturated rings. The van der Waals surface area contributed by atoms with E-state index in [-0.39, 0.29) is 55.3 Å². The number of halogens is 4. The molecule has 0 saturated carbocycles. The summed E-state index contributed by atoms with van der Waals surface area (Å²) in [4.78, 5) is 66.1. The predicted octanol–water partition coefficient (Wildman–Crippen LogP) is 1.68. The number of piperidine rings is 1. The number of nitrogens with one attached hydrogen (secondary N) is 2. The number of hydrogen-bond acceptors (Lipinski definition) is 9. The number of fused-ring (bicyclic) bond motifs is 1. The average Bonchev–Trinajstić information content (AvgIpc) is 3.49.